The van der Waals surface area contributed by atoms with Crippen LogP contribution in [0.25, 0.3) is 0 Å². The van der Waals surface area contributed by atoms with Crippen LogP contribution in [0.15, 0.2) is 109 Å². The van der Waals surface area contributed by atoms with E-state index in [1.807, 2.05) is 30.3 Å². The first-order valence-corrected chi connectivity index (χ1v) is 22.8. The number of carboxylic acids is 2. The Morgan fingerprint density at radius 2 is 0.971 bits per heavy atom. The number of hydrogen-bond donors (Lipinski definition) is 10. The van der Waals surface area contributed by atoms with Crippen molar-refractivity contribution < 1.29 is 58.8 Å². The number of carbonyl (C=O) groups is 8. The molecule has 2 aliphatic heterocycles. The van der Waals surface area contributed by atoms with Crippen molar-refractivity contribution in [2.24, 2.45) is 0 Å². The molecule has 0 aromatic heterocycles. The van der Waals surface area contributed by atoms with E-state index >= 15 is 0 Å². The largest absolute Gasteiger partial charge is 0.508 e. The van der Waals surface area contributed by atoms with Gasteiger partial charge in [-0.1, -0.05) is 84.9 Å². The van der Waals surface area contributed by atoms with Crippen LogP contribution < -0.4 is 31.9 Å². The molecule has 19 nitrogen and oxygen atoms in total. The molecule has 4 aromatic carbocycles. The van der Waals surface area contributed by atoms with Gasteiger partial charge in [0.15, 0.2) is 0 Å². The van der Waals surface area contributed by atoms with E-state index in [-0.39, 0.29) is 56.1 Å². The zero-order chi connectivity index (χ0) is 49.5. The molecular formula is C50H57N7O12. The lowest BCUT2D eigenvalue weighted by Crippen LogP contribution is -2.60. The zero-order valence-electron chi connectivity index (χ0n) is 37.7. The predicted molar refractivity (Wildman–Crippen MR) is 249 cm³/mol. The molecule has 2 aliphatic rings. The average Bonchev–Trinajstić information content (AvgIpc) is 4.06. The first-order chi connectivity index (χ1) is 33.1. The molecule has 19 heteroatoms. The van der Waals surface area contributed by atoms with Crippen LogP contribution in [0.4, 0.5) is 0 Å². The van der Waals surface area contributed by atoms with Crippen molar-refractivity contribution in [3.8, 4) is 11.5 Å². The smallest absolute Gasteiger partial charge is 0.326 e. The fraction of sp³-hybridized carbons (Fsp3) is 0.360. The summed E-state index contributed by atoms with van der Waals surface area (Å²) < 4.78 is 0. The second-order valence-corrected chi connectivity index (χ2v) is 17.2. The highest BCUT2D eigenvalue weighted by Crippen LogP contribution is 2.22. The number of likely N-dealkylation sites (tertiary alicyclic amines) is 1. The Hall–Kier alpha value is -7.80. The summed E-state index contributed by atoms with van der Waals surface area (Å²) in [5.74, 6) is -7.54. The van der Waals surface area contributed by atoms with Crippen LogP contribution in [0, 0.1) is 0 Å². The molecule has 6 rings (SSSR count). The number of benzene rings is 4. The molecule has 0 saturated carbocycles. The fourth-order valence-electron chi connectivity index (χ4n) is 8.41. The normalized spacial score (nSPS) is 17.5. The number of carboxylic acid groups (broad SMARTS) is 2. The number of nitrogens with zero attached hydrogens (tertiary/aromatic N) is 1. The number of phenols is 2. The number of amides is 6. The maximum absolute atomic E-state index is 14.5. The quantitative estimate of drug-likeness (QED) is 0.0529. The van der Waals surface area contributed by atoms with Crippen LogP contribution in [0.2, 0.25) is 0 Å². The molecule has 4 aromatic rings. The summed E-state index contributed by atoms with van der Waals surface area (Å²) in [6, 6.07) is 20.3. The van der Waals surface area contributed by atoms with Gasteiger partial charge in [0.05, 0.1) is 12.5 Å². The van der Waals surface area contributed by atoms with Crippen molar-refractivity contribution in [3.63, 3.8) is 0 Å². The monoisotopic (exact) mass is 947 g/mol. The third kappa shape index (κ3) is 14.8. The summed E-state index contributed by atoms with van der Waals surface area (Å²) in [6.07, 6.45) is 0.740. The van der Waals surface area contributed by atoms with Crippen LogP contribution in [0.5, 0.6) is 11.5 Å². The van der Waals surface area contributed by atoms with Crippen molar-refractivity contribution in [3.05, 3.63) is 131 Å². The molecule has 0 unspecified atom stereocenters. The topological polar surface area (TPSA) is 293 Å². The summed E-state index contributed by atoms with van der Waals surface area (Å²) in [7, 11) is 0. The van der Waals surface area contributed by atoms with E-state index in [1.165, 1.54) is 41.3 Å². The molecule has 0 bridgehead atoms. The van der Waals surface area contributed by atoms with E-state index in [1.54, 1.807) is 42.5 Å². The summed E-state index contributed by atoms with van der Waals surface area (Å²) >= 11 is 0. The number of nitrogens with one attached hydrogen (secondary N) is 6. The minimum atomic E-state index is -1.81. The summed E-state index contributed by atoms with van der Waals surface area (Å²) in [6.45, 7) is 0.866. The minimum Gasteiger partial charge on any atom is -0.508 e. The number of phenolic OH excluding ortho intramolecular Hbond substituents is 2. The van der Waals surface area contributed by atoms with Gasteiger partial charge in [0.1, 0.15) is 47.8 Å². The molecule has 0 spiro atoms. The molecule has 364 valence electrons. The van der Waals surface area contributed by atoms with Gasteiger partial charge < -0.3 is 57.2 Å². The van der Waals surface area contributed by atoms with Crippen molar-refractivity contribution in [2.45, 2.75) is 100 Å². The third-order valence-corrected chi connectivity index (χ3v) is 12.0. The van der Waals surface area contributed by atoms with E-state index < -0.39 is 90.2 Å². The van der Waals surface area contributed by atoms with Crippen LogP contribution in [0.3, 0.4) is 0 Å². The van der Waals surface area contributed by atoms with E-state index in [2.05, 4.69) is 31.9 Å². The Balaban J connectivity index is 1.22. The van der Waals surface area contributed by atoms with Gasteiger partial charge in [-0.15, -0.1) is 0 Å². The molecular weight excluding hydrogens is 891 g/mol. The fourth-order valence-corrected chi connectivity index (χ4v) is 8.41. The molecule has 2 fully saturated rings. The molecule has 0 radical (unpaired) electrons. The van der Waals surface area contributed by atoms with Crippen LogP contribution in [-0.4, -0.2) is 128 Å². The standard InChI is InChI=1S/C50H57N7O12/c58-34-19-15-32(16-20-34)26-38(54-48(66)42-14-8-24-57(42)49(67)40(27-31-11-5-2-6-12-31)55-44(62)36-13-7-23-51-36)46(64)52-37(25-30-9-3-1-4-10-30)45(63)53-39(29-43(60)61)47(65)56-41(50(68)69)28-33-17-21-35(59)22-18-33/h1-6,9-12,15-22,36-42,51,58-59H,7-8,13-14,23-29H2,(H,52,64)(H,53,63)(H,54,66)(H,55,62)(H,56,65)(H,60,61)(H,68,69)/t36-,37-,38-,39-,40-,41-,42-/m0/s1. The Morgan fingerprint density at radius 3 is 1.48 bits per heavy atom. The first kappa shape index (κ1) is 50.6. The minimum absolute atomic E-state index is 0.0562. The van der Waals surface area contributed by atoms with Gasteiger partial charge in [0, 0.05) is 32.2 Å². The number of hydrogen-bond acceptors (Lipinski definition) is 11. The van der Waals surface area contributed by atoms with E-state index in [4.69, 9.17) is 0 Å². The maximum Gasteiger partial charge on any atom is 0.326 e. The van der Waals surface area contributed by atoms with Gasteiger partial charge in [-0.05, 0) is 78.7 Å². The van der Waals surface area contributed by atoms with Gasteiger partial charge >= 0.3 is 11.9 Å². The Morgan fingerprint density at radius 1 is 0.522 bits per heavy atom. The molecule has 0 aliphatic carbocycles. The van der Waals surface area contributed by atoms with Crippen molar-refractivity contribution in [1.82, 2.24) is 36.8 Å². The summed E-state index contributed by atoms with van der Waals surface area (Å²) in [5.41, 5.74) is 2.28. The van der Waals surface area contributed by atoms with Gasteiger partial charge in [-0.3, -0.25) is 33.6 Å². The predicted octanol–water partition coefficient (Wildman–Crippen LogP) is 1.09. The van der Waals surface area contributed by atoms with Crippen molar-refractivity contribution >= 4 is 47.4 Å². The van der Waals surface area contributed by atoms with Gasteiger partial charge in [0.25, 0.3) is 0 Å². The second kappa shape index (κ2) is 24.3. The Bertz CT molecular complexity index is 2430. The molecule has 2 saturated heterocycles. The van der Waals surface area contributed by atoms with E-state index in [9.17, 15) is 58.8 Å². The number of carbonyl (C=O) groups excluding carboxylic acids is 6. The SMILES string of the molecule is O=C(O)C[C@H](NC(=O)[C@H](Cc1ccccc1)NC(=O)[C@H](Cc1ccc(O)cc1)NC(=O)[C@@H]1CCCN1C(=O)[C@H](Cc1ccccc1)NC(=O)[C@@H]1CCCN1)C(=O)N[C@@H](Cc1ccc(O)cc1)C(=O)O. The molecule has 6 amide bonds. The van der Waals surface area contributed by atoms with Crippen LogP contribution in [-0.2, 0) is 64.0 Å². The van der Waals surface area contributed by atoms with Gasteiger partial charge in [-0.25, -0.2) is 4.79 Å². The summed E-state index contributed by atoms with van der Waals surface area (Å²) in [5, 5.41) is 55.5. The van der Waals surface area contributed by atoms with Crippen molar-refractivity contribution in [1.29, 1.82) is 0 Å². The second-order valence-electron chi connectivity index (χ2n) is 17.2. The highest BCUT2D eigenvalue weighted by Gasteiger charge is 2.40. The highest BCUT2D eigenvalue weighted by molar-refractivity contribution is 5.98. The van der Waals surface area contributed by atoms with E-state index in [0.717, 1.165) is 12.0 Å². The number of aliphatic carboxylic acids is 2. The first-order valence-electron chi connectivity index (χ1n) is 22.8. The lowest BCUT2D eigenvalue weighted by molar-refractivity contribution is -0.143. The summed E-state index contributed by atoms with van der Waals surface area (Å²) in [4.78, 5) is 110. The lowest BCUT2D eigenvalue weighted by Gasteiger charge is -2.31. The molecule has 2 heterocycles. The number of rotatable bonds is 22. The van der Waals surface area contributed by atoms with Crippen LogP contribution >= 0.6 is 0 Å². The third-order valence-electron chi connectivity index (χ3n) is 12.0. The van der Waals surface area contributed by atoms with E-state index in [0.29, 0.717) is 36.1 Å². The van der Waals surface area contributed by atoms with Crippen molar-refractivity contribution in [2.75, 3.05) is 13.1 Å². The van der Waals surface area contributed by atoms with Crippen LogP contribution in [0.1, 0.15) is 54.4 Å². The Labute approximate surface area is 398 Å². The molecule has 10 N–H and O–H groups in total. The van der Waals surface area contributed by atoms with Gasteiger partial charge in [0.2, 0.25) is 35.4 Å². The van der Waals surface area contributed by atoms with Gasteiger partial charge in [-0.2, -0.15) is 0 Å². The average molecular weight is 948 g/mol. The molecule has 69 heavy (non-hydrogen) atoms. The highest BCUT2D eigenvalue weighted by atomic mass is 16.4. The Kier molecular flexibility index (Phi) is 17.8. The zero-order valence-corrected chi connectivity index (χ0v) is 37.7. The maximum atomic E-state index is 14.5. The number of aromatic hydroxyl groups is 2. The lowest BCUT2D eigenvalue weighted by atomic mass is 10.0. The molecule has 7 atom stereocenters.